The molecule has 1 aromatic rings. The lowest BCUT2D eigenvalue weighted by Crippen LogP contribution is -2.58. The Morgan fingerprint density at radius 2 is 2.10 bits per heavy atom. The van der Waals surface area contributed by atoms with Crippen LogP contribution >= 0.6 is 0 Å². The van der Waals surface area contributed by atoms with Crippen LogP contribution in [0.4, 0.5) is 4.39 Å². The fourth-order valence-electron chi connectivity index (χ4n) is 2.09. The fourth-order valence-corrected chi connectivity index (χ4v) is 3.88. The highest BCUT2D eigenvalue weighted by atomic mass is 32.2. The van der Waals surface area contributed by atoms with Crippen molar-refractivity contribution in [3.63, 3.8) is 0 Å². The molecule has 7 nitrogen and oxygen atoms in total. The van der Waals surface area contributed by atoms with E-state index < -0.39 is 40.2 Å². The van der Waals surface area contributed by atoms with E-state index in [-0.39, 0.29) is 17.0 Å². The van der Waals surface area contributed by atoms with Crippen LogP contribution in [0.5, 0.6) is 0 Å². The van der Waals surface area contributed by atoms with E-state index in [1.54, 1.807) is 0 Å². The number of nitrogens with two attached hydrogens (primary N) is 1. The number of hydrogen-bond donors (Lipinski definition) is 2. The third-order valence-electron chi connectivity index (χ3n) is 3.24. The highest BCUT2D eigenvalue weighted by molar-refractivity contribution is 7.89. The number of nitrogens with one attached hydrogen (secondary N) is 1. The zero-order chi connectivity index (χ0) is 15.8. The van der Waals surface area contributed by atoms with Gasteiger partial charge in [0.05, 0.1) is 11.4 Å². The molecule has 2 amide bonds. The molecule has 1 aromatic carbocycles. The molecule has 9 heteroatoms. The van der Waals surface area contributed by atoms with Gasteiger partial charge in [-0.1, -0.05) is 6.07 Å². The van der Waals surface area contributed by atoms with E-state index in [0.717, 1.165) is 10.4 Å². The van der Waals surface area contributed by atoms with Crippen molar-refractivity contribution in [2.45, 2.75) is 24.4 Å². The molecule has 3 N–H and O–H groups in total. The summed E-state index contributed by atoms with van der Waals surface area (Å²) < 4.78 is 39.6. The summed E-state index contributed by atoms with van der Waals surface area (Å²) in [5.74, 6) is -2.20. The maximum absolute atomic E-state index is 13.7. The largest absolute Gasteiger partial charge is 0.326 e. The van der Waals surface area contributed by atoms with Gasteiger partial charge in [0, 0.05) is 12.1 Å². The first kappa shape index (κ1) is 15.5. The minimum absolute atomic E-state index is 0.178. The summed E-state index contributed by atoms with van der Waals surface area (Å²) >= 11 is 0. The van der Waals surface area contributed by atoms with Crippen molar-refractivity contribution in [1.82, 2.24) is 9.62 Å². The van der Waals surface area contributed by atoms with E-state index in [4.69, 9.17) is 5.73 Å². The first-order valence-electron chi connectivity index (χ1n) is 6.12. The molecule has 1 aliphatic rings. The highest BCUT2D eigenvalue weighted by Gasteiger charge is 2.39. The lowest BCUT2D eigenvalue weighted by Gasteiger charge is -2.31. The minimum atomic E-state index is -4.21. The molecule has 1 heterocycles. The summed E-state index contributed by atoms with van der Waals surface area (Å²) in [7, 11) is -4.21. The Kier molecular flexibility index (Phi) is 4.08. The third kappa shape index (κ3) is 2.67. The van der Waals surface area contributed by atoms with Gasteiger partial charge in [-0.25, -0.2) is 12.8 Å². The molecule has 0 spiro atoms. The van der Waals surface area contributed by atoms with Crippen LogP contribution < -0.4 is 11.1 Å². The number of piperazine rings is 1. The van der Waals surface area contributed by atoms with Crippen molar-refractivity contribution in [3.8, 4) is 0 Å². The van der Waals surface area contributed by atoms with Crippen molar-refractivity contribution in [3.05, 3.63) is 29.6 Å². The molecule has 0 aromatic heterocycles. The van der Waals surface area contributed by atoms with Gasteiger partial charge in [0.15, 0.2) is 0 Å². The molecule has 0 bridgehead atoms. The van der Waals surface area contributed by atoms with Gasteiger partial charge in [0.2, 0.25) is 21.8 Å². The Hall–Kier alpha value is -1.84. The molecule has 1 aliphatic heterocycles. The molecule has 21 heavy (non-hydrogen) atoms. The number of imide groups is 1. The van der Waals surface area contributed by atoms with E-state index in [1.165, 1.54) is 19.1 Å². The van der Waals surface area contributed by atoms with E-state index >= 15 is 0 Å². The Labute approximate surface area is 121 Å². The van der Waals surface area contributed by atoms with Crippen LogP contribution in [-0.4, -0.2) is 37.1 Å². The topological polar surface area (TPSA) is 110 Å². The van der Waals surface area contributed by atoms with Gasteiger partial charge in [-0.2, -0.15) is 4.31 Å². The number of benzene rings is 1. The smallest absolute Gasteiger partial charge is 0.244 e. The SMILES string of the molecule is CC1C(=O)NC(=O)CN1S(=O)(=O)c1cccc(F)c1CN. The van der Waals surface area contributed by atoms with Crippen LogP contribution in [0.25, 0.3) is 0 Å². The predicted molar refractivity (Wildman–Crippen MR) is 70.8 cm³/mol. The second-order valence-electron chi connectivity index (χ2n) is 4.56. The number of carbonyl (C=O) groups excluding carboxylic acids is 2. The number of nitrogens with zero attached hydrogens (tertiary/aromatic N) is 1. The maximum Gasteiger partial charge on any atom is 0.244 e. The molecule has 1 unspecified atom stereocenters. The Morgan fingerprint density at radius 1 is 1.43 bits per heavy atom. The number of carbonyl (C=O) groups is 2. The van der Waals surface area contributed by atoms with Gasteiger partial charge in [0.25, 0.3) is 0 Å². The van der Waals surface area contributed by atoms with Gasteiger partial charge in [-0.05, 0) is 19.1 Å². The molecule has 1 atom stereocenters. The number of amides is 2. The summed E-state index contributed by atoms with van der Waals surface area (Å²) in [5, 5.41) is 2.04. The van der Waals surface area contributed by atoms with Crippen molar-refractivity contribution in [2.75, 3.05) is 6.54 Å². The molecule has 0 aliphatic carbocycles. The summed E-state index contributed by atoms with van der Waals surface area (Å²) in [6.45, 7) is 0.528. The van der Waals surface area contributed by atoms with Gasteiger partial charge in [0.1, 0.15) is 11.9 Å². The quantitative estimate of drug-likeness (QED) is 0.718. The minimum Gasteiger partial charge on any atom is -0.326 e. The van der Waals surface area contributed by atoms with Crippen LogP contribution in [-0.2, 0) is 26.2 Å². The van der Waals surface area contributed by atoms with Crippen LogP contribution in [0, 0.1) is 5.82 Å². The van der Waals surface area contributed by atoms with E-state index in [9.17, 15) is 22.4 Å². The second kappa shape index (κ2) is 5.51. The summed E-state index contributed by atoms with van der Waals surface area (Å²) in [5.41, 5.74) is 5.22. The van der Waals surface area contributed by atoms with Crippen molar-refractivity contribution in [2.24, 2.45) is 5.73 Å². The Balaban J connectivity index is 2.54. The average Bonchev–Trinajstić information content (AvgIpc) is 2.42. The summed E-state index contributed by atoms with van der Waals surface area (Å²) in [6, 6.07) is 2.46. The lowest BCUT2D eigenvalue weighted by atomic mass is 10.2. The molecule has 114 valence electrons. The normalized spacial score (nSPS) is 20.4. The monoisotopic (exact) mass is 315 g/mol. The fraction of sp³-hybridized carbons (Fsp3) is 0.333. The molecule has 2 rings (SSSR count). The molecule has 0 radical (unpaired) electrons. The van der Waals surface area contributed by atoms with Crippen LogP contribution in [0.15, 0.2) is 23.1 Å². The molecule has 1 fully saturated rings. The van der Waals surface area contributed by atoms with Crippen molar-refractivity contribution < 1.29 is 22.4 Å². The average molecular weight is 315 g/mol. The Morgan fingerprint density at radius 3 is 2.71 bits per heavy atom. The van der Waals surface area contributed by atoms with Gasteiger partial charge < -0.3 is 5.73 Å². The van der Waals surface area contributed by atoms with Crippen molar-refractivity contribution >= 4 is 21.8 Å². The Bertz CT molecular complexity index is 704. The van der Waals surface area contributed by atoms with Gasteiger partial charge in [-0.15, -0.1) is 0 Å². The van der Waals surface area contributed by atoms with E-state index in [0.29, 0.717) is 0 Å². The van der Waals surface area contributed by atoms with Crippen LogP contribution in [0.2, 0.25) is 0 Å². The first-order valence-corrected chi connectivity index (χ1v) is 7.56. The number of sulfonamides is 1. The standard InChI is InChI=1S/C12H14FN3O4S/c1-7-12(18)15-11(17)6-16(7)21(19,20)10-4-2-3-9(13)8(10)5-14/h2-4,7H,5-6,14H2,1H3,(H,15,17,18). The molecular formula is C12H14FN3O4S. The lowest BCUT2D eigenvalue weighted by molar-refractivity contribution is -0.136. The maximum atomic E-state index is 13.7. The zero-order valence-corrected chi connectivity index (χ0v) is 12.0. The molecule has 0 saturated carbocycles. The number of rotatable bonds is 3. The highest BCUT2D eigenvalue weighted by Crippen LogP contribution is 2.24. The summed E-state index contributed by atoms with van der Waals surface area (Å²) in [4.78, 5) is 22.6. The van der Waals surface area contributed by atoms with Crippen LogP contribution in [0.1, 0.15) is 12.5 Å². The van der Waals surface area contributed by atoms with E-state index in [2.05, 4.69) is 0 Å². The number of hydrogen-bond acceptors (Lipinski definition) is 5. The second-order valence-corrected chi connectivity index (χ2v) is 6.42. The third-order valence-corrected chi connectivity index (χ3v) is 5.24. The predicted octanol–water partition coefficient (Wildman–Crippen LogP) is -0.680. The van der Waals surface area contributed by atoms with E-state index in [1.807, 2.05) is 5.32 Å². The van der Waals surface area contributed by atoms with Crippen molar-refractivity contribution in [1.29, 1.82) is 0 Å². The first-order chi connectivity index (χ1) is 9.78. The van der Waals surface area contributed by atoms with Gasteiger partial charge >= 0.3 is 0 Å². The van der Waals surface area contributed by atoms with Crippen LogP contribution in [0.3, 0.4) is 0 Å². The number of halogens is 1. The molecule has 1 saturated heterocycles. The summed E-state index contributed by atoms with van der Waals surface area (Å²) in [6.07, 6.45) is 0. The van der Waals surface area contributed by atoms with Gasteiger partial charge in [-0.3, -0.25) is 14.9 Å². The zero-order valence-electron chi connectivity index (χ0n) is 11.2. The molecular weight excluding hydrogens is 301 g/mol.